The van der Waals surface area contributed by atoms with Gasteiger partial charge < -0.3 is 14.7 Å². The van der Waals surface area contributed by atoms with Gasteiger partial charge in [0, 0.05) is 17.8 Å². The van der Waals surface area contributed by atoms with E-state index in [1.807, 2.05) is 12.3 Å². The first kappa shape index (κ1) is 14.6. The van der Waals surface area contributed by atoms with Crippen molar-refractivity contribution in [1.82, 2.24) is 9.97 Å². The molecule has 2 aromatic heterocycles. The molecule has 2 aromatic carbocycles. The minimum atomic E-state index is 0.497. The van der Waals surface area contributed by atoms with E-state index in [1.165, 1.54) is 43.1 Å². The fraction of sp³-hybridized carbons (Fsp3) is 0.286. The zero-order valence-electron chi connectivity index (χ0n) is 14.1. The Morgan fingerprint density at radius 2 is 1.80 bits per heavy atom. The van der Waals surface area contributed by atoms with Gasteiger partial charge in [0.2, 0.25) is 0 Å². The molecule has 1 fully saturated rings. The topological polar surface area (TPSA) is 53.9 Å². The van der Waals surface area contributed by atoms with E-state index < -0.39 is 0 Å². The van der Waals surface area contributed by atoms with Crippen LogP contribution in [0, 0.1) is 0 Å². The van der Waals surface area contributed by atoms with Gasteiger partial charge in [-0.3, -0.25) is 0 Å². The van der Waals surface area contributed by atoms with Crippen molar-refractivity contribution >= 4 is 28.0 Å². The van der Waals surface area contributed by atoms with Gasteiger partial charge in [-0.05, 0) is 53.6 Å². The molecule has 0 amide bonds. The Bertz CT molecular complexity index is 1020. The maximum Gasteiger partial charge on any atom is 0.295 e. The molecule has 1 saturated carbocycles. The summed E-state index contributed by atoms with van der Waals surface area (Å²) in [5.74, 6) is 0. The van der Waals surface area contributed by atoms with Crippen molar-refractivity contribution in [3.8, 4) is 11.1 Å². The Morgan fingerprint density at radius 1 is 0.960 bits per heavy atom. The van der Waals surface area contributed by atoms with Crippen molar-refractivity contribution < 1.29 is 4.42 Å². The van der Waals surface area contributed by atoms with Crippen LogP contribution < -0.4 is 5.32 Å². The Kier molecular flexibility index (Phi) is 3.47. The molecule has 25 heavy (non-hydrogen) atoms. The summed E-state index contributed by atoms with van der Waals surface area (Å²) in [7, 11) is 0. The van der Waals surface area contributed by atoms with Crippen LogP contribution in [0.15, 0.2) is 53.1 Å². The van der Waals surface area contributed by atoms with Crippen LogP contribution in [0.3, 0.4) is 0 Å². The van der Waals surface area contributed by atoms with Crippen molar-refractivity contribution in [3.63, 3.8) is 0 Å². The summed E-state index contributed by atoms with van der Waals surface area (Å²) in [6, 6.07) is 15.9. The van der Waals surface area contributed by atoms with Crippen LogP contribution in [0.2, 0.25) is 0 Å². The molecular weight excluding hydrogens is 310 g/mol. The highest BCUT2D eigenvalue weighted by Crippen LogP contribution is 2.29. The number of hydrogen-bond acceptors (Lipinski definition) is 3. The first-order valence-electron chi connectivity index (χ1n) is 9.10. The molecule has 4 heteroatoms. The number of H-pyrrole nitrogens is 1. The van der Waals surface area contributed by atoms with E-state index >= 15 is 0 Å². The molecule has 4 aromatic rings. The van der Waals surface area contributed by atoms with E-state index in [4.69, 9.17) is 4.42 Å². The molecule has 0 radical (unpaired) electrons. The van der Waals surface area contributed by atoms with E-state index in [2.05, 4.69) is 51.7 Å². The van der Waals surface area contributed by atoms with Crippen LogP contribution in [0.5, 0.6) is 0 Å². The second-order valence-corrected chi connectivity index (χ2v) is 6.96. The number of nitrogens with zero attached hydrogens (tertiary/aromatic N) is 1. The zero-order chi connectivity index (χ0) is 16.6. The molecular formula is C21H21N3O. The molecule has 0 atom stereocenters. The van der Waals surface area contributed by atoms with Gasteiger partial charge in [-0.25, -0.2) is 0 Å². The maximum atomic E-state index is 5.89. The monoisotopic (exact) mass is 331 g/mol. The average Bonchev–Trinajstić information content (AvgIpc) is 3.27. The number of aromatic nitrogens is 2. The van der Waals surface area contributed by atoms with Crippen molar-refractivity contribution in [2.75, 3.05) is 5.32 Å². The van der Waals surface area contributed by atoms with Crippen LogP contribution in [-0.4, -0.2) is 16.0 Å². The summed E-state index contributed by atoms with van der Waals surface area (Å²) in [5, 5.41) is 4.69. The summed E-state index contributed by atoms with van der Waals surface area (Å²) < 4.78 is 5.89. The van der Waals surface area contributed by atoms with Gasteiger partial charge in [-0.2, -0.15) is 4.98 Å². The van der Waals surface area contributed by atoms with Crippen LogP contribution in [0.4, 0.5) is 6.01 Å². The number of benzene rings is 2. The van der Waals surface area contributed by atoms with Gasteiger partial charge in [-0.15, -0.1) is 0 Å². The zero-order valence-corrected chi connectivity index (χ0v) is 14.1. The molecule has 5 rings (SSSR count). The van der Waals surface area contributed by atoms with Gasteiger partial charge in [-0.1, -0.05) is 37.5 Å². The molecule has 0 saturated heterocycles. The van der Waals surface area contributed by atoms with Crippen molar-refractivity contribution in [2.45, 2.75) is 38.1 Å². The fourth-order valence-corrected chi connectivity index (χ4v) is 3.82. The third-order valence-electron chi connectivity index (χ3n) is 5.21. The number of aromatic amines is 1. The minimum absolute atomic E-state index is 0.497. The maximum absolute atomic E-state index is 5.89. The Hall–Kier alpha value is -2.75. The standard InChI is InChI=1S/C21H21N3O/c1-2-4-17(5-3-1)23-21-24-19-13-16(8-9-20(19)25-21)15-7-6-14-10-11-22-18(14)12-15/h6-13,17,22H,1-5H2,(H,23,24). The molecule has 1 aliphatic carbocycles. The van der Waals surface area contributed by atoms with Gasteiger partial charge in [0.1, 0.15) is 5.52 Å². The molecule has 0 aliphatic heterocycles. The number of rotatable bonds is 3. The minimum Gasteiger partial charge on any atom is -0.424 e. The quantitative estimate of drug-likeness (QED) is 0.505. The summed E-state index contributed by atoms with van der Waals surface area (Å²) in [5.41, 5.74) is 5.23. The lowest BCUT2D eigenvalue weighted by Gasteiger charge is -2.21. The van der Waals surface area contributed by atoms with E-state index in [-0.39, 0.29) is 0 Å². The highest BCUT2D eigenvalue weighted by molar-refractivity contribution is 5.87. The lowest BCUT2D eigenvalue weighted by atomic mass is 9.96. The molecule has 126 valence electrons. The first-order valence-corrected chi connectivity index (χ1v) is 9.10. The van der Waals surface area contributed by atoms with Gasteiger partial charge in [0.25, 0.3) is 6.01 Å². The Balaban J connectivity index is 1.46. The second-order valence-electron chi connectivity index (χ2n) is 6.96. The SMILES string of the molecule is c1cc2ccc(-c3ccc4oc(NC5CCCCC5)nc4c3)cc2[nH]1. The predicted molar refractivity (Wildman–Crippen MR) is 102 cm³/mol. The van der Waals surface area contributed by atoms with E-state index in [0.717, 1.165) is 22.2 Å². The third kappa shape index (κ3) is 2.78. The number of hydrogen-bond donors (Lipinski definition) is 2. The number of nitrogens with one attached hydrogen (secondary N) is 2. The lowest BCUT2D eigenvalue weighted by Crippen LogP contribution is -2.22. The van der Waals surface area contributed by atoms with Crippen molar-refractivity contribution in [2.24, 2.45) is 0 Å². The molecule has 2 heterocycles. The average molecular weight is 331 g/mol. The van der Waals surface area contributed by atoms with Crippen LogP contribution >= 0.6 is 0 Å². The van der Waals surface area contributed by atoms with Crippen LogP contribution in [0.1, 0.15) is 32.1 Å². The summed E-state index contributed by atoms with van der Waals surface area (Å²) in [6.07, 6.45) is 8.32. The smallest absolute Gasteiger partial charge is 0.295 e. The number of fused-ring (bicyclic) bond motifs is 2. The lowest BCUT2D eigenvalue weighted by molar-refractivity contribution is 0.451. The van der Waals surface area contributed by atoms with Crippen molar-refractivity contribution in [3.05, 3.63) is 48.7 Å². The van der Waals surface area contributed by atoms with Gasteiger partial charge >= 0.3 is 0 Å². The Morgan fingerprint density at radius 3 is 2.72 bits per heavy atom. The summed E-state index contributed by atoms with van der Waals surface area (Å²) in [4.78, 5) is 7.93. The van der Waals surface area contributed by atoms with E-state index in [9.17, 15) is 0 Å². The van der Waals surface area contributed by atoms with Crippen LogP contribution in [-0.2, 0) is 0 Å². The second kappa shape index (κ2) is 5.96. The molecule has 4 nitrogen and oxygen atoms in total. The van der Waals surface area contributed by atoms with E-state index in [0.29, 0.717) is 12.1 Å². The predicted octanol–water partition coefficient (Wildman–Crippen LogP) is 5.72. The fourth-order valence-electron chi connectivity index (χ4n) is 3.82. The normalized spacial score (nSPS) is 15.8. The molecule has 0 spiro atoms. The first-order chi connectivity index (χ1) is 12.3. The van der Waals surface area contributed by atoms with Crippen LogP contribution in [0.25, 0.3) is 33.1 Å². The molecule has 2 N–H and O–H groups in total. The van der Waals surface area contributed by atoms with Gasteiger partial charge in [0.05, 0.1) is 0 Å². The highest BCUT2D eigenvalue weighted by atomic mass is 16.4. The third-order valence-corrected chi connectivity index (χ3v) is 5.21. The summed E-state index contributed by atoms with van der Waals surface area (Å²) in [6.45, 7) is 0. The molecule has 1 aliphatic rings. The van der Waals surface area contributed by atoms with Crippen molar-refractivity contribution in [1.29, 1.82) is 0 Å². The van der Waals surface area contributed by atoms with Gasteiger partial charge in [0.15, 0.2) is 5.58 Å². The number of anilines is 1. The number of oxazole rings is 1. The van der Waals surface area contributed by atoms with E-state index in [1.54, 1.807) is 0 Å². The highest BCUT2D eigenvalue weighted by Gasteiger charge is 2.16. The Labute approximate surface area is 146 Å². The largest absolute Gasteiger partial charge is 0.424 e. The summed E-state index contributed by atoms with van der Waals surface area (Å²) >= 11 is 0. The molecule has 0 bridgehead atoms. The molecule has 0 unspecified atom stereocenters.